The van der Waals surface area contributed by atoms with Gasteiger partial charge in [-0.3, -0.25) is 4.99 Å². The van der Waals surface area contributed by atoms with Crippen LogP contribution in [0.4, 0.5) is 0 Å². The van der Waals surface area contributed by atoms with E-state index < -0.39 is 0 Å². The minimum absolute atomic E-state index is 0. The normalized spacial score (nSPS) is 24.0. The number of nitrogens with zero attached hydrogens (tertiary/aromatic N) is 1. The van der Waals surface area contributed by atoms with Gasteiger partial charge in [-0.2, -0.15) is 0 Å². The van der Waals surface area contributed by atoms with Crippen molar-refractivity contribution in [1.82, 2.24) is 10.6 Å². The highest BCUT2D eigenvalue weighted by Gasteiger charge is 2.49. The van der Waals surface area contributed by atoms with E-state index in [2.05, 4.69) is 36.4 Å². The van der Waals surface area contributed by atoms with Gasteiger partial charge >= 0.3 is 0 Å². The van der Waals surface area contributed by atoms with Crippen molar-refractivity contribution in [1.29, 1.82) is 0 Å². The molecule has 0 saturated heterocycles. The standard InChI is InChI=1S/C15H31N3O2.HI/c1-6-7-9-20-13-11-12(15(13,2)3)18-14(16-4)17-8-10-19-5;/h12-13H,6-11H2,1-5H3,(H2,16,17,18);1H. The van der Waals surface area contributed by atoms with Crippen LogP contribution in [-0.4, -0.2) is 52.0 Å². The van der Waals surface area contributed by atoms with E-state index in [-0.39, 0.29) is 29.4 Å². The molecule has 126 valence electrons. The summed E-state index contributed by atoms with van der Waals surface area (Å²) in [7, 11) is 3.49. The van der Waals surface area contributed by atoms with Gasteiger partial charge in [0.1, 0.15) is 0 Å². The number of nitrogens with one attached hydrogen (secondary N) is 2. The fourth-order valence-electron chi connectivity index (χ4n) is 2.41. The quantitative estimate of drug-likeness (QED) is 0.278. The Morgan fingerprint density at radius 3 is 2.57 bits per heavy atom. The number of guanidine groups is 1. The summed E-state index contributed by atoms with van der Waals surface area (Å²) in [6.07, 6.45) is 3.72. The highest BCUT2D eigenvalue weighted by Crippen LogP contribution is 2.42. The molecule has 5 nitrogen and oxygen atoms in total. The zero-order valence-corrected chi connectivity index (χ0v) is 16.4. The Labute approximate surface area is 146 Å². The summed E-state index contributed by atoms with van der Waals surface area (Å²) < 4.78 is 11.0. The largest absolute Gasteiger partial charge is 0.383 e. The van der Waals surface area contributed by atoms with Crippen LogP contribution in [0.25, 0.3) is 0 Å². The summed E-state index contributed by atoms with van der Waals surface area (Å²) in [5, 5.41) is 6.72. The highest BCUT2D eigenvalue weighted by atomic mass is 127. The zero-order chi connectivity index (χ0) is 15.0. The van der Waals surface area contributed by atoms with Gasteiger partial charge in [-0.05, 0) is 12.8 Å². The molecule has 1 aliphatic carbocycles. The molecule has 0 heterocycles. The van der Waals surface area contributed by atoms with Crippen LogP contribution in [0.1, 0.15) is 40.0 Å². The van der Waals surface area contributed by atoms with Gasteiger partial charge in [0.25, 0.3) is 0 Å². The fourth-order valence-corrected chi connectivity index (χ4v) is 2.41. The summed E-state index contributed by atoms with van der Waals surface area (Å²) in [6.45, 7) is 9.02. The number of rotatable bonds is 8. The van der Waals surface area contributed by atoms with Crippen molar-refractivity contribution in [2.75, 3.05) is 33.9 Å². The molecule has 0 aromatic heterocycles. The highest BCUT2D eigenvalue weighted by molar-refractivity contribution is 14.0. The average Bonchev–Trinajstić information content (AvgIpc) is 2.43. The molecule has 0 radical (unpaired) electrons. The molecular formula is C15H32IN3O2. The third-order valence-corrected chi connectivity index (χ3v) is 4.13. The molecule has 0 aromatic carbocycles. The molecule has 0 amide bonds. The average molecular weight is 413 g/mol. The van der Waals surface area contributed by atoms with E-state index in [4.69, 9.17) is 9.47 Å². The van der Waals surface area contributed by atoms with E-state index in [1.807, 2.05) is 0 Å². The first kappa shape index (κ1) is 20.9. The molecule has 1 aliphatic rings. The lowest BCUT2D eigenvalue weighted by Crippen LogP contribution is -2.63. The van der Waals surface area contributed by atoms with Gasteiger partial charge in [-0.1, -0.05) is 27.2 Å². The smallest absolute Gasteiger partial charge is 0.191 e. The van der Waals surface area contributed by atoms with Crippen LogP contribution in [0.2, 0.25) is 0 Å². The Bertz CT molecular complexity index is 311. The predicted molar refractivity (Wildman–Crippen MR) is 98.6 cm³/mol. The minimum Gasteiger partial charge on any atom is -0.383 e. The van der Waals surface area contributed by atoms with Crippen LogP contribution in [-0.2, 0) is 9.47 Å². The van der Waals surface area contributed by atoms with Crippen LogP contribution in [0, 0.1) is 5.41 Å². The van der Waals surface area contributed by atoms with E-state index >= 15 is 0 Å². The van der Waals surface area contributed by atoms with Crippen LogP contribution in [0.5, 0.6) is 0 Å². The third-order valence-electron chi connectivity index (χ3n) is 4.13. The first-order valence-corrected chi connectivity index (χ1v) is 7.64. The Balaban J connectivity index is 0.00000400. The zero-order valence-electron chi connectivity index (χ0n) is 14.1. The van der Waals surface area contributed by atoms with E-state index in [0.29, 0.717) is 18.8 Å². The van der Waals surface area contributed by atoms with Crippen molar-refractivity contribution >= 4 is 29.9 Å². The van der Waals surface area contributed by atoms with Gasteiger partial charge in [0.15, 0.2) is 5.96 Å². The van der Waals surface area contributed by atoms with Gasteiger partial charge in [-0.15, -0.1) is 24.0 Å². The maximum Gasteiger partial charge on any atom is 0.191 e. The monoisotopic (exact) mass is 413 g/mol. The van der Waals surface area contributed by atoms with Gasteiger partial charge in [0.2, 0.25) is 0 Å². The molecule has 2 unspecified atom stereocenters. The number of ether oxygens (including phenoxy) is 2. The number of aliphatic imine (C=N–C) groups is 1. The number of hydrogen-bond acceptors (Lipinski definition) is 3. The van der Waals surface area contributed by atoms with Crippen molar-refractivity contribution in [3.8, 4) is 0 Å². The lowest BCUT2D eigenvalue weighted by molar-refractivity contribution is -0.113. The molecule has 1 rings (SSSR count). The van der Waals surface area contributed by atoms with Gasteiger partial charge in [0.05, 0.1) is 12.7 Å². The van der Waals surface area contributed by atoms with Crippen LogP contribution < -0.4 is 10.6 Å². The van der Waals surface area contributed by atoms with Crippen molar-refractivity contribution in [3.05, 3.63) is 0 Å². The van der Waals surface area contributed by atoms with E-state index in [9.17, 15) is 0 Å². The van der Waals surface area contributed by atoms with E-state index in [0.717, 1.165) is 32.0 Å². The lowest BCUT2D eigenvalue weighted by Gasteiger charge is -2.52. The number of halogens is 1. The SMILES string of the molecule is CCCCOC1CC(NC(=NC)NCCOC)C1(C)C.I. The predicted octanol–water partition coefficient (Wildman–Crippen LogP) is 2.40. The molecule has 2 N–H and O–H groups in total. The van der Waals surface area contributed by atoms with Crippen LogP contribution in [0.15, 0.2) is 4.99 Å². The first-order chi connectivity index (χ1) is 9.56. The van der Waals surface area contributed by atoms with Crippen LogP contribution in [0.3, 0.4) is 0 Å². The maximum absolute atomic E-state index is 5.96. The molecule has 1 fully saturated rings. The molecule has 0 bridgehead atoms. The summed E-state index contributed by atoms with van der Waals surface area (Å²) in [5.74, 6) is 0.840. The Hall–Kier alpha value is -0.0800. The molecular weight excluding hydrogens is 381 g/mol. The third kappa shape index (κ3) is 6.28. The van der Waals surface area contributed by atoms with E-state index in [1.165, 1.54) is 6.42 Å². The molecule has 1 saturated carbocycles. The van der Waals surface area contributed by atoms with Crippen molar-refractivity contribution < 1.29 is 9.47 Å². The summed E-state index contributed by atoms with van der Waals surface area (Å²) in [5.41, 5.74) is 0.145. The second-order valence-corrected chi connectivity index (χ2v) is 5.96. The molecule has 21 heavy (non-hydrogen) atoms. The Morgan fingerprint density at radius 1 is 1.33 bits per heavy atom. The topological polar surface area (TPSA) is 54.9 Å². The van der Waals surface area contributed by atoms with Gasteiger partial charge in [-0.25, -0.2) is 0 Å². The van der Waals surface area contributed by atoms with Crippen molar-refractivity contribution in [3.63, 3.8) is 0 Å². The molecule has 0 spiro atoms. The number of hydrogen-bond donors (Lipinski definition) is 2. The maximum atomic E-state index is 5.96. The van der Waals surface area contributed by atoms with Gasteiger partial charge < -0.3 is 20.1 Å². The molecule has 0 aromatic rings. The molecule has 2 atom stereocenters. The second-order valence-electron chi connectivity index (χ2n) is 5.96. The first-order valence-electron chi connectivity index (χ1n) is 7.64. The Kier molecular flexibility index (Phi) is 10.6. The summed E-state index contributed by atoms with van der Waals surface area (Å²) in [6, 6.07) is 0.405. The Morgan fingerprint density at radius 2 is 2.05 bits per heavy atom. The van der Waals surface area contributed by atoms with Crippen LogP contribution >= 0.6 is 24.0 Å². The van der Waals surface area contributed by atoms with Gasteiger partial charge in [0, 0.05) is 38.8 Å². The summed E-state index contributed by atoms with van der Waals surface area (Å²) in [4.78, 5) is 4.25. The molecule has 6 heteroatoms. The van der Waals surface area contributed by atoms with Crippen molar-refractivity contribution in [2.45, 2.75) is 52.2 Å². The number of unbranched alkanes of at least 4 members (excludes halogenated alkanes) is 1. The van der Waals surface area contributed by atoms with Crippen molar-refractivity contribution in [2.24, 2.45) is 10.4 Å². The minimum atomic E-state index is 0. The van der Waals surface area contributed by atoms with E-state index in [1.54, 1.807) is 14.2 Å². The number of methoxy groups -OCH3 is 1. The lowest BCUT2D eigenvalue weighted by atomic mass is 9.64. The fraction of sp³-hybridized carbons (Fsp3) is 0.933. The summed E-state index contributed by atoms with van der Waals surface area (Å²) >= 11 is 0. The molecule has 0 aliphatic heterocycles. The second kappa shape index (κ2) is 10.6.